The smallest absolute Gasteiger partial charge is 0.0370 e. The largest absolute Gasteiger partial charge is 0.369 e. The van der Waals surface area contributed by atoms with Crippen LogP contribution in [0.1, 0.15) is 30.9 Å². The van der Waals surface area contributed by atoms with E-state index in [4.69, 9.17) is 0 Å². The fourth-order valence-corrected chi connectivity index (χ4v) is 2.41. The quantitative estimate of drug-likeness (QED) is 0.858. The summed E-state index contributed by atoms with van der Waals surface area (Å²) < 4.78 is 0. The van der Waals surface area contributed by atoms with Crippen molar-refractivity contribution in [2.75, 3.05) is 31.1 Å². The molecule has 1 N–H and O–H groups in total. The third-order valence-electron chi connectivity index (χ3n) is 3.61. The lowest BCUT2D eigenvalue weighted by Gasteiger charge is -2.30. The van der Waals surface area contributed by atoms with Gasteiger partial charge in [0.15, 0.2) is 0 Å². The minimum atomic E-state index is 1.11. The number of benzene rings is 1. The number of rotatable bonds is 4. The van der Waals surface area contributed by atoms with E-state index in [0.29, 0.717) is 0 Å². The first-order valence-corrected chi connectivity index (χ1v) is 6.86. The first kappa shape index (κ1) is 12.4. The lowest BCUT2D eigenvalue weighted by molar-refractivity contribution is 0.589. The Morgan fingerprint density at radius 1 is 1.24 bits per heavy atom. The molecule has 1 saturated heterocycles. The van der Waals surface area contributed by atoms with Crippen LogP contribution in [0.25, 0.3) is 0 Å². The fraction of sp³-hybridized carbons (Fsp3) is 0.600. The second-order valence-electron chi connectivity index (χ2n) is 4.95. The van der Waals surface area contributed by atoms with Crippen molar-refractivity contribution < 1.29 is 0 Å². The van der Waals surface area contributed by atoms with Crippen LogP contribution in [0.3, 0.4) is 0 Å². The number of hydrogen-bond acceptors (Lipinski definition) is 2. The van der Waals surface area contributed by atoms with Crippen LogP contribution in [0.5, 0.6) is 0 Å². The average molecular weight is 232 g/mol. The molecule has 94 valence electrons. The van der Waals surface area contributed by atoms with E-state index < -0.39 is 0 Å². The summed E-state index contributed by atoms with van der Waals surface area (Å²) in [6, 6.07) is 6.95. The highest BCUT2D eigenvalue weighted by Gasteiger charge is 2.11. The first-order chi connectivity index (χ1) is 8.31. The monoisotopic (exact) mass is 232 g/mol. The second-order valence-corrected chi connectivity index (χ2v) is 4.95. The molecule has 0 amide bonds. The van der Waals surface area contributed by atoms with E-state index in [2.05, 4.69) is 42.3 Å². The molecule has 0 bridgehead atoms. The third kappa shape index (κ3) is 3.22. The van der Waals surface area contributed by atoms with E-state index in [9.17, 15) is 0 Å². The maximum Gasteiger partial charge on any atom is 0.0370 e. The summed E-state index contributed by atoms with van der Waals surface area (Å²) in [7, 11) is 0. The molecular weight excluding hydrogens is 208 g/mol. The van der Waals surface area contributed by atoms with Gasteiger partial charge < -0.3 is 10.2 Å². The molecule has 1 aromatic rings. The van der Waals surface area contributed by atoms with Crippen LogP contribution in [0.4, 0.5) is 5.69 Å². The standard InChI is InChI=1S/C15H24N2/c1-3-4-5-14-12-15(7-6-13(14)2)17-10-8-16-9-11-17/h6-7,12,16H,3-5,8-11H2,1-2H3. The Bertz CT molecular complexity index is 354. The molecule has 1 heterocycles. The highest BCUT2D eigenvalue weighted by molar-refractivity contribution is 5.51. The predicted octanol–water partition coefficient (Wildman–Crippen LogP) is 2.75. The minimum Gasteiger partial charge on any atom is -0.369 e. The van der Waals surface area contributed by atoms with Gasteiger partial charge in [-0.3, -0.25) is 0 Å². The number of hydrogen-bond donors (Lipinski definition) is 1. The average Bonchev–Trinajstić information content (AvgIpc) is 2.39. The lowest BCUT2D eigenvalue weighted by atomic mass is 10.0. The molecule has 1 aromatic carbocycles. The molecule has 2 heteroatoms. The third-order valence-corrected chi connectivity index (χ3v) is 3.61. The van der Waals surface area contributed by atoms with Crippen molar-refractivity contribution in [3.63, 3.8) is 0 Å². The van der Waals surface area contributed by atoms with Crippen molar-refractivity contribution in [1.29, 1.82) is 0 Å². The van der Waals surface area contributed by atoms with Crippen molar-refractivity contribution in [3.05, 3.63) is 29.3 Å². The number of aryl methyl sites for hydroxylation is 2. The minimum absolute atomic E-state index is 1.11. The predicted molar refractivity (Wildman–Crippen MR) is 74.9 cm³/mol. The molecule has 2 rings (SSSR count). The van der Waals surface area contributed by atoms with Crippen LogP contribution >= 0.6 is 0 Å². The molecule has 1 fully saturated rings. The fourth-order valence-electron chi connectivity index (χ4n) is 2.41. The van der Waals surface area contributed by atoms with Gasteiger partial charge >= 0.3 is 0 Å². The zero-order chi connectivity index (χ0) is 12.1. The van der Waals surface area contributed by atoms with Gasteiger partial charge in [-0.25, -0.2) is 0 Å². The van der Waals surface area contributed by atoms with Gasteiger partial charge in [0.25, 0.3) is 0 Å². The molecular formula is C15H24N2. The van der Waals surface area contributed by atoms with E-state index in [-0.39, 0.29) is 0 Å². The summed E-state index contributed by atoms with van der Waals surface area (Å²) in [6.45, 7) is 8.98. The Morgan fingerprint density at radius 2 is 2.00 bits per heavy atom. The molecule has 0 spiro atoms. The molecule has 0 atom stereocenters. The van der Waals surface area contributed by atoms with Crippen molar-refractivity contribution >= 4 is 5.69 Å². The van der Waals surface area contributed by atoms with Gasteiger partial charge in [-0.05, 0) is 43.0 Å². The number of anilines is 1. The van der Waals surface area contributed by atoms with Gasteiger partial charge in [-0.1, -0.05) is 19.4 Å². The zero-order valence-electron chi connectivity index (χ0n) is 11.1. The lowest BCUT2D eigenvalue weighted by Crippen LogP contribution is -2.43. The van der Waals surface area contributed by atoms with E-state index in [0.717, 1.165) is 26.2 Å². The van der Waals surface area contributed by atoms with Gasteiger partial charge in [0.1, 0.15) is 0 Å². The SMILES string of the molecule is CCCCc1cc(N2CCNCC2)ccc1C. The van der Waals surface area contributed by atoms with Gasteiger partial charge in [-0.2, -0.15) is 0 Å². The van der Waals surface area contributed by atoms with Crippen LogP contribution in [0.2, 0.25) is 0 Å². The molecule has 0 saturated carbocycles. The Labute approximate surface area is 105 Å². The molecule has 1 aliphatic rings. The maximum absolute atomic E-state index is 3.40. The summed E-state index contributed by atoms with van der Waals surface area (Å²) in [6.07, 6.45) is 3.80. The molecule has 0 aromatic heterocycles. The van der Waals surface area contributed by atoms with Crippen molar-refractivity contribution in [2.45, 2.75) is 33.1 Å². The normalized spacial score (nSPS) is 16.2. The summed E-state index contributed by atoms with van der Waals surface area (Å²) in [5.74, 6) is 0. The summed E-state index contributed by atoms with van der Waals surface area (Å²) in [5, 5.41) is 3.40. The van der Waals surface area contributed by atoms with Gasteiger partial charge in [0, 0.05) is 31.9 Å². The number of nitrogens with one attached hydrogen (secondary N) is 1. The number of piperazine rings is 1. The van der Waals surface area contributed by atoms with Crippen LogP contribution in [-0.2, 0) is 6.42 Å². The van der Waals surface area contributed by atoms with Gasteiger partial charge in [0.2, 0.25) is 0 Å². The van der Waals surface area contributed by atoms with Crippen molar-refractivity contribution in [1.82, 2.24) is 5.32 Å². The Morgan fingerprint density at radius 3 is 2.71 bits per heavy atom. The van der Waals surface area contributed by atoms with E-state index >= 15 is 0 Å². The number of nitrogens with zero attached hydrogens (tertiary/aromatic N) is 1. The van der Waals surface area contributed by atoms with Crippen LogP contribution in [0.15, 0.2) is 18.2 Å². The number of unbranched alkanes of at least 4 members (excludes halogenated alkanes) is 1. The highest BCUT2D eigenvalue weighted by atomic mass is 15.2. The molecule has 17 heavy (non-hydrogen) atoms. The van der Waals surface area contributed by atoms with Gasteiger partial charge in [-0.15, -0.1) is 0 Å². The van der Waals surface area contributed by atoms with Gasteiger partial charge in [0.05, 0.1) is 0 Å². The van der Waals surface area contributed by atoms with E-state index in [1.165, 1.54) is 36.1 Å². The summed E-state index contributed by atoms with van der Waals surface area (Å²) in [4.78, 5) is 2.49. The van der Waals surface area contributed by atoms with Crippen molar-refractivity contribution in [2.24, 2.45) is 0 Å². The Hall–Kier alpha value is -1.02. The molecule has 0 radical (unpaired) electrons. The Balaban J connectivity index is 2.11. The highest BCUT2D eigenvalue weighted by Crippen LogP contribution is 2.21. The Kier molecular flexibility index (Phi) is 4.43. The first-order valence-electron chi connectivity index (χ1n) is 6.86. The van der Waals surface area contributed by atoms with Crippen LogP contribution in [0, 0.1) is 6.92 Å². The topological polar surface area (TPSA) is 15.3 Å². The van der Waals surface area contributed by atoms with E-state index in [1.54, 1.807) is 0 Å². The molecule has 0 unspecified atom stereocenters. The van der Waals surface area contributed by atoms with Crippen LogP contribution in [-0.4, -0.2) is 26.2 Å². The van der Waals surface area contributed by atoms with E-state index in [1.807, 2.05) is 0 Å². The molecule has 2 nitrogen and oxygen atoms in total. The second kappa shape index (κ2) is 6.06. The molecule has 1 aliphatic heterocycles. The molecule has 0 aliphatic carbocycles. The zero-order valence-corrected chi connectivity index (χ0v) is 11.1. The van der Waals surface area contributed by atoms with Crippen LogP contribution < -0.4 is 10.2 Å². The summed E-state index contributed by atoms with van der Waals surface area (Å²) >= 11 is 0. The maximum atomic E-state index is 3.40. The van der Waals surface area contributed by atoms with Crippen molar-refractivity contribution in [3.8, 4) is 0 Å². The summed E-state index contributed by atoms with van der Waals surface area (Å²) in [5.41, 5.74) is 4.38.